The summed E-state index contributed by atoms with van der Waals surface area (Å²) >= 11 is 0. The van der Waals surface area contributed by atoms with Gasteiger partial charge in [0.05, 0.1) is 0 Å². The van der Waals surface area contributed by atoms with Crippen molar-refractivity contribution in [2.75, 3.05) is 12.3 Å². The number of aliphatic carboxylic acids is 1. The normalized spacial score (nSPS) is 15.7. The molecule has 2 atom stereocenters. The molecule has 0 radical (unpaired) electrons. The van der Waals surface area contributed by atoms with Crippen molar-refractivity contribution in [1.82, 2.24) is 0 Å². The van der Waals surface area contributed by atoms with E-state index in [1.807, 2.05) is 13.8 Å². The summed E-state index contributed by atoms with van der Waals surface area (Å²) in [5.74, 6) is -0.202. The zero-order valence-electron chi connectivity index (χ0n) is 8.03. The smallest absolute Gasteiger partial charge is 0.320 e. The zero-order chi connectivity index (χ0) is 10.4. The van der Waals surface area contributed by atoms with Gasteiger partial charge < -0.3 is 10.8 Å². The molecule has 0 heterocycles. The molecule has 0 aliphatic rings. The van der Waals surface area contributed by atoms with Gasteiger partial charge in [0.2, 0.25) is 0 Å². The van der Waals surface area contributed by atoms with E-state index in [1.54, 1.807) is 0 Å². The average Bonchev–Trinajstić information content (AvgIpc) is 2.01. The SMILES string of the molecule is CC(C)CCS(=O)C(CN)C(=O)O. The van der Waals surface area contributed by atoms with Gasteiger partial charge in [0.25, 0.3) is 0 Å². The topological polar surface area (TPSA) is 80.4 Å². The molecule has 3 N–H and O–H groups in total. The van der Waals surface area contributed by atoms with Crippen LogP contribution >= 0.6 is 0 Å². The third-order valence-corrected chi connectivity index (χ3v) is 3.37. The summed E-state index contributed by atoms with van der Waals surface area (Å²) in [6, 6.07) is 0. The van der Waals surface area contributed by atoms with Crippen LogP contribution in [0, 0.1) is 5.92 Å². The summed E-state index contributed by atoms with van der Waals surface area (Å²) < 4.78 is 11.4. The fourth-order valence-corrected chi connectivity index (χ4v) is 2.24. The van der Waals surface area contributed by atoms with Crippen molar-refractivity contribution in [1.29, 1.82) is 0 Å². The fraction of sp³-hybridized carbons (Fsp3) is 0.875. The molecule has 0 aliphatic carbocycles. The number of carboxylic acid groups (broad SMARTS) is 1. The molecule has 0 saturated heterocycles. The lowest BCUT2D eigenvalue weighted by atomic mass is 10.2. The van der Waals surface area contributed by atoms with Crippen molar-refractivity contribution in [3.05, 3.63) is 0 Å². The minimum absolute atomic E-state index is 0.0555. The molecule has 0 aliphatic heterocycles. The molecule has 0 aromatic carbocycles. The Labute approximate surface area is 81.0 Å². The minimum Gasteiger partial charge on any atom is -0.480 e. The lowest BCUT2D eigenvalue weighted by Gasteiger charge is -2.10. The summed E-state index contributed by atoms with van der Waals surface area (Å²) in [5, 5.41) is 7.73. The van der Waals surface area contributed by atoms with E-state index < -0.39 is 22.0 Å². The second kappa shape index (κ2) is 6.10. The Kier molecular flexibility index (Phi) is 5.90. The van der Waals surface area contributed by atoms with Crippen LogP contribution in [0.3, 0.4) is 0 Å². The van der Waals surface area contributed by atoms with Gasteiger partial charge in [-0.3, -0.25) is 9.00 Å². The predicted molar refractivity (Wildman–Crippen MR) is 52.9 cm³/mol. The molecule has 2 unspecified atom stereocenters. The lowest BCUT2D eigenvalue weighted by molar-refractivity contribution is -0.136. The summed E-state index contributed by atoms with van der Waals surface area (Å²) in [6.45, 7) is 3.96. The second-order valence-electron chi connectivity index (χ2n) is 3.33. The quantitative estimate of drug-likeness (QED) is 0.651. The standard InChI is InChI=1S/C8H17NO3S/c1-6(2)3-4-13(12)7(5-9)8(10)11/h6-7H,3-5,9H2,1-2H3,(H,10,11). The Morgan fingerprint density at radius 1 is 1.54 bits per heavy atom. The molecule has 0 fully saturated rings. The molecular formula is C8H17NO3S. The molecular weight excluding hydrogens is 190 g/mol. The maximum Gasteiger partial charge on any atom is 0.320 e. The number of carboxylic acids is 1. The van der Waals surface area contributed by atoms with Crippen molar-refractivity contribution >= 4 is 16.8 Å². The Morgan fingerprint density at radius 2 is 2.08 bits per heavy atom. The van der Waals surface area contributed by atoms with Crippen LogP contribution in [-0.2, 0) is 15.6 Å². The summed E-state index contributed by atoms with van der Waals surface area (Å²) in [6.07, 6.45) is 0.774. The minimum atomic E-state index is -1.33. The van der Waals surface area contributed by atoms with Gasteiger partial charge in [-0.05, 0) is 12.3 Å². The summed E-state index contributed by atoms with van der Waals surface area (Å²) in [4.78, 5) is 10.5. The molecule has 0 aromatic heterocycles. The molecule has 5 heteroatoms. The van der Waals surface area contributed by atoms with Crippen LogP contribution in [0.5, 0.6) is 0 Å². The number of carbonyl (C=O) groups is 1. The van der Waals surface area contributed by atoms with E-state index in [-0.39, 0.29) is 6.54 Å². The monoisotopic (exact) mass is 207 g/mol. The van der Waals surface area contributed by atoms with Crippen molar-refractivity contribution in [2.45, 2.75) is 25.5 Å². The molecule has 0 aromatic rings. The van der Waals surface area contributed by atoms with Crippen LogP contribution in [-0.4, -0.2) is 32.8 Å². The molecule has 0 spiro atoms. The lowest BCUT2D eigenvalue weighted by Crippen LogP contribution is -2.34. The van der Waals surface area contributed by atoms with Crippen LogP contribution in [0.25, 0.3) is 0 Å². The highest BCUT2D eigenvalue weighted by Gasteiger charge is 2.22. The van der Waals surface area contributed by atoms with Gasteiger partial charge in [-0.25, -0.2) is 0 Å². The average molecular weight is 207 g/mol. The fourth-order valence-electron chi connectivity index (χ4n) is 0.815. The molecule has 0 rings (SSSR count). The van der Waals surface area contributed by atoms with Crippen LogP contribution in [0.4, 0.5) is 0 Å². The highest BCUT2D eigenvalue weighted by molar-refractivity contribution is 7.86. The van der Waals surface area contributed by atoms with Gasteiger partial charge >= 0.3 is 5.97 Å². The molecule has 0 bridgehead atoms. The van der Waals surface area contributed by atoms with Crippen LogP contribution in [0.2, 0.25) is 0 Å². The zero-order valence-corrected chi connectivity index (χ0v) is 8.84. The molecule has 0 saturated carbocycles. The molecule has 4 nitrogen and oxygen atoms in total. The first-order chi connectivity index (χ1) is 5.99. The first-order valence-electron chi connectivity index (χ1n) is 4.29. The van der Waals surface area contributed by atoms with E-state index in [2.05, 4.69) is 0 Å². The first kappa shape index (κ1) is 12.6. The van der Waals surface area contributed by atoms with Gasteiger partial charge in [-0.2, -0.15) is 0 Å². The van der Waals surface area contributed by atoms with Gasteiger partial charge in [-0.15, -0.1) is 0 Å². The Bertz CT molecular complexity index is 194. The number of nitrogens with two attached hydrogens (primary N) is 1. The van der Waals surface area contributed by atoms with Gasteiger partial charge in [0.15, 0.2) is 0 Å². The largest absolute Gasteiger partial charge is 0.480 e. The highest BCUT2D eigenvalue weighted by atomic mass is 32.2. The van der Waals surface area contributed by atoms with Crippen molar-refractivity contribution in [3.63, 3.8) is 0 Å². The first-order valence-corrected chi connectivity index (χ1v) is 5.67. The molecule has 13 heavy (non-hydrogen) atoms. The Hall–Kier alpha value is -0.420. The van der Waals surface area contributed by atoms with E-state index in [4.69, 9.17) is 10.8 Å². The maximum atomic E-state index is 11.4. The third kappa shape index (κ3) is 5.00. The molecule has 78 valence electrons. The maximum absolute atomic E-state index is 11.4. The molecule has 0 amide bonds. The number of rotatable bonds is 6. The summed E-state index contributed by atoms with van der Waals surface area (Å²) in [5.41, 5.74) is 5.21. The number of hydrogen-bond acceptors (Lipinski definition) is 3. The Morgan fingerprint density at radius 3 is 2.38 bits per heavy atom. The van der Waals surface area contributed by atoms with E-state index in [0.29, 0.717) is 11.7 Å². The van der Waals surface area contributed by atoms with Crippen LogP contribution < -0.4 is 5.73 Å². The van der Waals surface area contributed by atoms with E-state index in [0.717, 1.165) is 6.42 Å². The predicted octanol–water partition coefficient (Wildman–Crippen LogP) is 0.193. The van der Waals surface area contributed by atoms with Crippen LogP contribution in [0.1, 0.15) is 20.3 Å². The van der Waals surface area contributed by atoms with E-state index in [9.17, 15) is 9.00 Å². The second-order valence-corrected chi connectivity index (χ2v) is 5.07. The van der Waals surface area contributed by atoms with Gasteiger partial charge in [-0.1, -0.05) is 13.8 Å². The van der Waals surface area contributed by atoms with E-state index in [1.165, 1.54) is 0 Å². The van der Waals surface area contributed by atoms with Crippen molar-refractivity contribution < 1.29 is 14.1 Å². The van der Waals surface area contributed by atoms with Crippen molar-refractivity contribution in [3.8, 4) is 0 Å². The third-order valence-electron chi connectivity index (χ3n) is 1.70. The number of hydrogen-bond donors (Lipinski definition) is 2. The van der Waals surface area contributed by atoms with Crippen LogP contribution in [0.15, 0.2) is 0 Å². The van der Waals surface area contributed by atoms with Gasteiger partial charge in [0, 0.05) is 23.1 Å². The Balaban J connectivity index is 4.00. The van der Waals surface area contributed by atoms with Crippen molar-refractivity contribution in [2.24, 2.45) is 11.7 Å². The highest BCUT2D eigenvalue weighted by Crippen LogP contribution is 2.04. The van der Waals surface area contributed by atoms with Gasteiger partial charge in [0.1, 0.15) is 5.25 Å². The van der Waals surface area contributed by atoms with E-state index >= 15 is 0 Å². The summed E-state index contributed by atoms with van der Waals surface area (Å²) in [7, 11) is -1.33.